The summed E-state index contributed by atoms with van der Waals surface area (Å²) in [6.07, 6.45) is -8.17. The standard InChI is InChI=1S/C59H40F6N2O2/c1-4-33(2)41-10-6-12-43-45-14-8-16-51(57(45)69-55(41)43)67(40-27-23-38(24-28-40)59(63,64)65)49-32-20-36-17-29-46-48(31-19-35-18-30-47(49)53(36)52(35)46)66(39-25-21-37(22-26-39)58(60,61)62)50-15-7-13-44-42-11-5-9-34(3)54(42)68-56(44)50/h5-33H,4H2,1-3H3. The zero-order valence-corrected chi connectivity index (χ0v) is 37.4. The number of para-hydroxylation sites is 4. The van der Waals surface area contributed by atoms with Crippen LogP contribution in [0, 0.1) is 6.92 Å². The molecule has 0 amide bonds. The highest BCUT2D eigenvalue weighted by Gasteiger charge is 2.33. The summed E-state index contributed by atoms with van der Waals surface area (Å²) >= 11 is 0. The maximum Gasteiger partial charge on any atom is 0.416 e. The van der Waals surface area contributed by atoms with E-state index in [1.54, 1.807) is 0 Å². The minimum absolute atomic E-state index is 0.220. The SMILES string of the molecule is CCC(C)c1cccc2c1oc1c(N(c3ccc(C(F)(F)F)cc3)c3ccc4ccc5c(N(c6ccc(C(F)(F)F)cc6)c6cccc7c6oc6c(C)cccc67)ccc6ccc3c4c65)cccc12. The molecule has 10 heteroatoms. The Labute approximate surface area is 391 Å². The first-order valence-electron chi connectivity index (χ1n) is 22.8. The lowest BCUT2D eigenvalue weighted by Crippen LogP contribution is -2.13. The van der Waals surface area contributed by atoms with Crippen LogP contribution >= 0.6 is 0 Å². The van der Waals surface area contributed by atoms with Crippen molar-refractivity contribution in [2.24, 2.45) is 0 Å². The number of halogens is 6. The van der Waals surface area contributed by atoms with Gasteiger partial charge in [-0.3, -0.25) is 0 Å². The van der Waals surface area contributed by atoms with E-state index in [2.05, 4.69) is 19.9 Å². The van der Waals surface area contributed by atoms with Gasteiger partial charge in [0.25, 0.3) is 0 Å². The van der Waals surface area contributed by atoms with E-state index in [0.29, 0.717) is 45.3 Å². The molecule has 2 heterocycles. The lowest BCUT2D eigenvalue weighted by molar-refractivity contribution is -0.138. The number of hydrogen-bond donors (Lipinski definition) is 0. The molecule has 0 aliphatic rings. The van der Waals surface area contributed by atoms with Crippen molar-refractivity contribution >= 4 is 110 Å². The number of anilines is 6. The summed E-state index contributed by atoms with van der Waals surface area (Å²) < 4.78 is 98.0. The molecule has 2 aromatic heterocycles. The summed E-state index contributed by atoms with van der Waals surface area (Å²) in [6, 6.07) is 50.3. The first-order chi connectivity index (χ1) is 33.3. The second-order valence-corrected chi connectivity index (χ2v) is 17.8. The van der Waals surface area contributed by atoms with E-state index in [1.165, 1.54) is 24.3 Å². The summed E-state index contributed by atoms with van der Waals surface area (Å²) in [5.41, 5.74) is 6.87. The molecule has 12 rings (SSSR count). The average molecular weight is 923 g/mol. The molecule has 0 saturated carbocycles. The van der Waals surface area contributed by atoms with Gasteiger partial charge in [-0.1, -0.05) is 111 Å². The van der Waals surface area contributed by atoms with Crippen molar-refractivity contribution in [1.82, 2.24) is 0 Å². The number of rotatable bonds is 8. The fourth-order valence-electron chi connectivity index (χ4n) is 10.3. The fourth-order valence-corrected chi connectivity index (χ4v) is 10.3. The van der Waals surface area contributed by atoms with Crippen molar-refractivity contribution in [2.75, 3.05) is 9.80 Å². The molecular formula is C59H40F6N2O2. The van der Waals surface area contributed by atoms with Crippen LogP contribution in [0.2, 0.25) is 0 Å². The number of nitrogens with zero attached hydrogens (tertiary/aromatic N) is 2. The van der Waals surface area contributed by atoms with Gasteiger partial charge in [0.15, 0.2) is 11.2 Å². The third-order valence-corrected chi connectivity index (χ3v) is 13.9. The smallest absolute Gasteiger partial charge is 0.416 e. The van der Waals surface area contributed by atoms with Crippen LogP contribution in [-0.4, -0.2) is 0 Å². The van der Waals surface area contributed by atoms with Gasteiger partial charge in [0.05, 0.1) is 33.9 Å². The van der Waals surface area contributed by atoms with Gasteiger partial charge >= 0.3 is 12.4 Å². The quantitative estimate of drug-likeness (QED) is 0.112. The predicted molar refractivity (Wildman–Crippen MR) is 268 cm³/mol. The molecule has 12 aromatic rings. The van der Waals surface area contributed by atoms with Gasteiger partial charge < -0.3 is 18.6 Å². The van der Waals surface area contributed by atoms with Gasteiger partial charge in [0.1, 0.15) is 11.2 Å². The lowest BCUT2D eigenvalue weighted by Gasteiger charge is -2.29. The number of alkyl halides is 6. The molecule has 1 atom stereocenters. The van der Waals surface area contributed by atoms with Crippen LogP contribution < -0.4 is 9.80 Å². The van der Waals surface area contributed by atoms with Gasteiger partial charge in [-0.2, -0.15) is 26.3 Å². The summed E-state index contributed by atoms with van der Waals surface area (Å²) in [5.74, 6) is 0.220. The third-order valence-electron chi connectivity index (χ3n) is 13.9. The molecule has 0 spiro atoms. The van der Waals surface area contributed by atoms with Crippen molar-refractivity contribution in [3.63, 3.8) is 0 Å². The van der Waals surface area contributed by atoms with Crippen molar-refractivity contribution in [1.29, 1.82) is 0 Å². The van der Waals surface area contributed by atoms with Crippen LogP contribution in [0.5, 0.6) is 0 Å². The van der Waals surface area contributed by atoms with E-state index in [1.807, 2.05) is 132 Å². The van der Waals surface area contributed by atoms with E-state index in [-0.39, 0.29) is 5.92 Å². The molecule has 0 saturated heterocycles. The fraction of sp³-hybridized carbons (Fsp3) is 0.119. The molecule has 0 aliphatic heterocycles. The normalized spacial score (nSPS) is 13.0. The van der Waals surface area contributed by atoms with Crippen LogP contribution in [0.1, 0.15) is 48.4 Å². The first kappa shape index (κ1) is 42.4. The summed E-state index contributed by atoms with van der Waals surface area (Å²) in [4.78, 5) is 3.93. The monoisotopic (exact) mass is 922 g/mol. The van der Waals surface area contributed by atoms with E-state index in [9.17, 15) is 26.3 Å². The van der Waals surface area contributed by atoms with Crippen LogP contribution in [0.3, 0.4) is 0 Å². The Morgan fingerprint density at radius 3 is 1.29 bits per heavy atom. The number of hydrogen-bond acceptors (Lipinski definition) is 4. The van der Waals surface area contributed by atoms with E-state index < -0.39 is 23.5 Å². The van der Waals surface area contributed by atoms with Crippen LogP contribution in [0.4, 0.5) is 60.5 Å². The average Bonchev–Trinajstić information content (AvgIpc) is 3.94. The predicted octanol–water partition coefficient (Wildman–Crippen LogP) is 19.2. The molecule has 0 fully saturated rings. The van der Waals surface area contributed by atoms with Gasteiger partial charge in [0, 0.05) is 43.7 Å². The van der Waals surface area contributed by atoms with Crippen molar-refractivity contribution < 1.29 is 35.2 Å². The maximum atomic E-state index is 14.1. The molecule has 0 bridgehead atoms. The molecule has 0 N–H and O–H groups in total. The number of fused-ring (bicyclic) bond motifs is 6. The van der Waals surface area contributed by atoms with Crippen molar-refractivity contribution in [3.8, 4) is 0 Å². The van der Waals surface area contributed by atoms with E-state index in [4.69, 9.17) is 8.83 Å². The Morgan fingerprint density at radius 1 is 0.420 bits per heavy atom. The summed E-state index contributed by atoms with van der Waals surface area (Å²) in [7, 11) is 0. The first-order valence-corrected chi connectivity index (χ1v) is 22.8. The zero-order valence-electron chi connectivity index (χ0n) is 37.4. The third kappa shape index (κ3) is 6.67. The maximum absolute atomic E-state index is 14.1. The molecule has 1 unspecified atom stereocenters. The highest BCUT2D eigenvalue weighted by atomic mass is 19.4. The highest BCUT2D eigenvalue weighted by Crippen LogP contribution is 2.51. The van der Waals surface area contributed by atoms with E-state index in [0.717, 1.165) is 107 Å². The summed E-state index contributed by atoms with van der Waals surface area (Å²) in [6.45, 7) is 6.28. The molecule has 0 radical (unpaired) electrons. The van der Waals surface area contributed by atoms with Gasteiger partial charge in [-0.25, -0.2) is 0 Å². The van der Waals surface area contributed by atoms with Crippen LogP contribution in [-0.2, 0) is 12.4 Å². The molecule has 0 aliphatic carbocycles. The molecule has 340 valence electrons. The van der Waals surface area contributed by atoms with Crippen molar-refractivity contribution in [2.45, 2.75) is 45.5 Å². The Balaban J connectivity index is 1.12. The largest absolute Gasteiger partial charge is 0.454 e. The molecular weight excluding hydrogens is 883 g/mol. The lowest BCUT2D eigenvalue weighted by atomic mass is 9.91. The minimum Gasteiger partial charge on any atom is -0.454 e. The summed E-state index contributed by atoms with van der Waals surface area (Å²) in [5, 5.41) is 8.93. The second-order valence-electron chi connectivity index (χ2n) is 17.8. The minimum atomic E-state index is -4.54. The number of benzene rings is 10. The topological polar surface area (TPSA) is 32.8 Å². The zero-order chi connectivity index (χ0) is 47.5. The second kappa shape index (κ2) is 15.5. The Bertz CT molecular complexity index is 3960. The van der Waals surface area contributed by atoms with Gasteiger partial charge in [-0.05, 0) is 125 Å². The van der Waals surface area contributed by atoms with Gasteiger partial charge in [0.2, 0.25) is 0 Å². The van der Waals surface area contributed by atoms with Crippen LogP contribution in [0.25, 0.3) is 76.2 Å². The Kier molecular flexibility index (Phi) is 9.54. The highest BCUT2D eigenvalue weighted by molar-refractivity contribution is 6.28. The van der Waals surface area contributed by atoms with Crippen molar-refractivity contribution in [3.05, 3.63) is 192 Å². The Morgan fingerprint density at radius 2 is 0.826 bits per heavy atom. The number of aryl methyl sites for hydroxylation is 1. The van der Waals surface area contributed by atoms with E-state index >= 15 is 0 Å². The number of furan rings is 2. The van der Waals surface area contributed by atoms with Gasteiger partial charge in [-0.15, -0.1) is 0 Å². The molecule has 69 heavy (non-hydrogen) atoms. The Hall–Kier alpha value is -7.98. The molecule has 10 aromatic carbocycles. The van der Waals surface area contributed by atoms with Crippen LogP contribution in [0.15, 0.2) is 179 Å². The molecule has 4 nitrogen and oxygen atoms in total.